The minimum Gasteiger partial charge on any atom is -0.508 e. The van der Waals surface area contributed by atoms with Gasteiger partial charge in [0.1, 0.15) is 5.75 Å². The molecule has 2 aromatic carbocycles. The van der Waals surface area contributed by atoms with E-state index in [0.717, 1.165) is 24.0 Å². The zero-order valence-electron chi connectivity index (χ0n) is 13.4. The molecule has 2 aromatic rings. The average molecular weight is 326 g/mol. The van der Waals surface area contributed by atoms with Gasteiger partial charge < -0.3 is 20.8 Å². The molecule has 2 atom stereocenters. The second-order valence-electron chi connectivity index (χ2n) is 6.35. The van der Waals surface area contributed by atoms with Gasteiger partial charge in [0.25, 0.3) is 0 Å². The Hall–Kier alpha value is -2.69. The van der Waals surface area contributed by atoms with Crippen molar-refractivity contribution in [3.8, 4) is 5.75 Å². The molecule has 1 aliphatic rings. The molecule has 1 aliphatic heterocycles. The fourth-order valence-corrected chi connectivity index (χ4v) is 3.54. The number of carbonyl (C=O) groups is 1. The highest BCUT2D eigenvalue weighted by molar-refractivity contribution is 5.66. The topological polar surface area (TPSA) is 86.8 Å². The fourth-order valence-electron chi connectivity index (χ4n) is 3.54. The van der Waals surface area contributed by atoms with Crippen molar-refractivity contribution in [2.45, 2.75) is 37.8 Å². The highest BCUT2D eigenvalue weighted by Crippen LogP contribution is 2.31. The molecule has 5 nitrogen and oxygen atoms in total. The lowest BCUT2D eigenvalue weighted by atomic mass is 10.0. The predicted molar refractivity (Wildman–Crippen MR) is 93.0 cm³/mol. The molecule has 4 N–H and O–H groups in total. The van der Waals surface area contributed by atoms with Gasteiger partial charge in [0, 0.05) is 17.8 Å². The Morgan fingerprint density at radius 2 is 1.67 bits per heavy atom. The van der Waals surface area contributed by atoms with Gasteiger partial charge in [-0.05, 0) is 55.0 Å². The van der Waals surface area contributed by atoms with E-state index in [1.165, 1.54) is 0 Å². The molecule has 1 fully saturated rings. The van der Waals surface area contributed by atoms with Crippen LogP contribution >= 0.6 is 0 Å². The van der Waals surface area contributed by atoms with Crippen molar-refractivity contribution in [1.29, 1.82) is 0 Å². The number of benzene rings is 2. The molecule has 0 aliphatic carbocycles. The largest absolute Gasteiger partial charge is 0.508 e. The number of para-hydroxylation sites is 1. The van der Waals surface area contributed by atoms with Crippen molar-refractivity contribution in [3.05, 3.63) is 59.7 Å². The Balaban J connectivity index is 1.74. The molecular formula is C19H22N2O3. The summed E-state index contributed by atoms with van der Waals surface area (Å²) in [5.74, 6) is 0.227. The maximum Gasteiger partial charge on any atom is 0.407 e. The Kier molecular flexibility index (Phi) is 4.60. The number of phenolic OH excluding ortho intramolecular Hbond substituents is 1. The zero-order chi connectivity index (χ0) is 17.1. The van der Waals surface area contributed by atoms with Gasteiger partial charge in [-0.1, -0.05) is 30.3 Å². The lowest BCUT2D eigenvalue weighted by Gasteiger charge is -2.28. The minimum absolute atomic E-state index is 0.0398. The lowest BCUT2D eigenvalue weighted by molar-refractivity contribution is 0.121. The van der Waals surface area contributed by atoms with Crippen molar-refractivity contribution < 1.29 is 15.0 Å². The number of rotatable bonds is 4. The average Bonchev–Trinajstić information content (AvgIpc) is 2.94. The smallest absolute Gasteiger partial charge is 0.407 e. The number of aromatic hydroxyl groups is 1. The van der Waals surface area contributed by atoms with E-state index in [1.807, 2.05) is 36.4 Å². The van der Waals surface area contributed by atoms with Gasteiger partial charge in [0.2, 0.25) is 0 Å². The third-order valence-electron chi connectivity index (χ3n) is 4.74. The fraction of sp³-hybridized carbons (Fsp3) is 0.316. The van der Waals surface area contributed by atoms with Crippen LogP contribution in [0.3, 0.4) is 0 Å². The van der Waals surface area contributed by atoms with Crippen LogP contribution in [0.25, 0.3) is 0 Å². The first-order valence-electron chi connectivity index (χ1n) is 8.17. The summed E-state index contributed by atoms with van der Waals surface area (Å²) in [6, 6.07) is 14.6. The molecule has 0 aromatic heterocycles. The van der Waals surface area contributed by atoms with E-state index in [1.54, 1.807) is 17.0 Å². The first-order chi connectivity index (χ1) is 11.5. The summed E-state index contributed by atoms with van der Waals surface area (Å²) in [6.45, 7) is 0. The van der Waals surface area contributed by atoms with E-state index in [-0.39, 0.29) is 17.8 Å². The first kappa shape index (κ1) is 16.2. The number of likely N-dealkylation sites (tertiary alicyclic amines) is 1. The molecule has 1 saturated heterocycles. The van der Waals surface area contributed by atoms with E-state index >= 15 is 0 Å². The molecule has 3 rings (SSSR count). The molecule has 5 heteroatoms. The highest BCUT2D eigenvalue weighted by Gasteiger charge is 2.37. The van der Waals surface area contributed by atoms with Crippen LogP contribution in [0.2, 0.25) is 0 Å². The summed E-state index contributed by atoms with van der Waals surface area (Å²) in [4.78, 5) is 13.3. The monoisotopic (exact) mass is 326 g/mol. The Morgan fingerprint density at radius 1 is 1.04 bits per heavy atom. The van der Waals surface area contributed by atoms with Crippen LogP contribution in [0, 0.1) is 0 Å². The molecule has 0 spiro atoms. The second-order valence-corrected chi connectivity index (χ2v) is 6.35. The molecule has 0 saturated carbocycles. The van der Waals surface area contributed by atoms with E-state index in [2.05, 4.69) is 0 Å². The molecular weight excluding hydrogens is 304 g/mol. The van der Waals surface area contributed by atoms with Crippen LogP contribution in [0.4, 0.5) is 10.5 Å². The summed E-state index contributed by atoms with van der Waals surface area (Å²) in [5, 5.41) is 19.6. The summed E-state index contributed by atoms with van der Waals surface area (Å²) in [6.07, 6.45) is 1.96. The number of nitrogens with zero attached hydrogens (tertiary/aromatic N) is 1. The number of anilines is 1. The molecule has 1 heterocycles. The normalized spacial score (nSPS) is 20.2. The van der Waals surface area contributed by atoms with Gasteiger partial charge in [0.05, 0.1) is 0 Å². The number of nitrogen functional groups attached to an aromatic ring is 1. The van der Waals surface area contributed by atoms with Gasteiger partial charge in [-0.25, -0.2) is 4.79 Å². The Bertz CT molecular complexity index is 715. The van der Waals surface area contributed by atoms with Gasteiger partial charge >= 0.3 is 6.09 Å². The predicted octanol–water partition coefficient (Wildman–Crippen LogP) is 3.27. The number of phenols is 1. The number of hydrogen-bond donors (Lipinski definition) is 3. The van der Waals surface area contributed by atoms with Crippen LogP contribution in [-0.4, -0.2) is 33.3 Å². The van der Waals surface area contributed by atoms with Crippen LogP contribution in [0.15, 0.2) is 48.5 Å². The molecule has 126 valence electrons. The summed E-state index contributed by atoms with van der Waals surface area (Å²) >= 11 is 0. The van der Waals surface area contributed by atoms with Gasteiger partial charge in [-0.15, -0.1) is 0 Å². The SMILES string of the molecule is Nc1ccc(C[C@@H]2CC[C@H](Cc3ccccc3O)N2C(=O)O)cc1. The molecule has 0 radical (unpaired) electrons. The Morgan fingerprint density at radius 3 is 2.29 bits per heavy atom. The zero-order valence-corrected chi connectivity index (χ0v) is 13.4. The first-order valence-corrected chi connectivity index (χ1v) is 8.17. The van der Waals surface area contributed by atoms with E-state index in [9.17, 15) is 15.0 Å². The molecule has 0 bridgehead atoms. The van der Waals surface area contributed by atoms with E-state index in [0.29, 0.717) is 18.5 Å². The van der Waals surface area contributed by atoms with E-state index < -0.39 is 6.09 Å². The van der Waals surface area contributed by atoms with E-state index in [4.69, 9.17) is 5.73 Å². The number of carboxylic acid groups (broad SMARTS) is 1. The second kappa shape index (κ2) is 6.83. The minimum atomic E-state index is -0.895. The number of hydrogen-bond acceptors (Lipinski definition) is 3. The van der Waals surface area contributed by atoms with Crippen LogP contribution < -0.4 is 5.73 Å². The molecule has 0 unspecified atom stereocenters. The maximum absolute atomic E-state index is 11.8. The molecule has 24 heavy (non-hydrogen) atoms. The van der Waals surface area contributed by atoms with Gasteiger partial charge in [-0.3, -0.25) is 0 Å². The van der Waals surface area contributed by atoms with Crippen molar-refractivity contribution >= 4 is 11.8 Å². The van der Waals surface area contributed by atoms with Crippen molar-refractivity contribution in [3.63, 3.8) is 0 Å². The van der Waals surface area contributed by atoms with Crippen molar-refractivity contribution in [2.24, 2.45) is 0 Å². The van der Waals surface area contributed by atoms with Crippen LogP contribution in [0.5, 0.6) is 5.75 Å². The highest BCUT2D eigenvalue weighted by atomic mass is 16.4. The number of nitrogens with two attached hydrogens (primary N) is 1. The third-order valence-corrected chi connectivity index (χ3v) is 4.74. The summed E-state index contributed by atoms with van der Waals surface area (Å²) in [5.41, 5.74) is 8.29. The van der Waals surface area contributed by atoms with Crippen molar-refractivity contribution in [1.82, 2.24) is 4.90 Å². The third kappa shape index (κ3) is 3.45. The Labute approximate surface area is 141 Å². The summed E-state index contributed by atoms with van der Waals surface area (Å²) < 4.78 is 0. The standard InChI is InChI=1S/C19H22N2O3/c20-15-7-5-13(6-8-15)11-16-9-10-17(21(16)19(23)24)12-14-3-1-2-4-18(14)22/h1-8,16-17,22H,9-12,20H2,(H,23,24)/t16-,17+/m0/s1. The van der Waals surface area contributed by atoms with Crippen LogP contribution in [0.1, 0.15) is 24.0 Å². The van der Waals surface area contributed by atoms with Gasteiger partial charge in [-0.2, -0.15) is 0 Å². The number of amides is 1. The van der Waals surface area contributed by atoms with Gasteiger partial charge in [0.15, 0.2) is 0 Å². The summed E-state index contributed by atoms with van der Waals surface area (Å²) in [7, 11) is 0. The molecule has 1 amide bonds. The van der Waals surface area contributed by atoms with Crippen LogP contribution in [-0.2, 0) is 12.8 Å². The lowest BCUT2D eigenvalue weighted by Crippen LogP contribution is -2.42. The quantitative estimate of drug-likeness (QED) is 0.753. The maximum atomic E-state index is 11.8. The van der Waals surface area contributed by atoms with Crippen molar-refractivity contribution in [2.75, 3.05) is 5.73 Å².